The molecular formula is C16H17N3O4S2. The van der Waals surface area contributed by atoms with E-state index < -0.39 is 15.7 Å². The molecule has 1 aromatic carbocycles. The van der Waals surface area contributed by atoms with Crippen LogP contribution >= 0.6 is 11.8 Å². The van der Waals surface area contributed by atoms with Gasteiger partial charge in [-0.1, -0.05) is 30.0 Å². The number of fused-ring (bicyclic) bond motifs is 1. The highest BCUT2D eigenvalue weighted by atomic mass is 32.2. The Morgan fingerprint density at radius 2 is 2.20 bits per heavy atom. The topological polar surface area (TPSA) is 99.8 Å². The van der Waals surface area contributed by atoms with Crippen molar-refractivity contribution in [3.05, 3.63) is 29.8 Å². The summed E-state index contributed by atoms with van der Waals surface area (Å²) in [6.07, 6.45) is -0.291. The molecule has 2 atom stereocenters. The number of thioether (sulfide) groups is 1. The molecule has 2 aliphatic rings. The van der Waals surface area contributed by atoms with Crippen LogP contribution in [-0.2, 0) is 21.2 Å². The number of rotatable bonds is 4. The van der Waals surface area contributed by atoms with Crippen molar-refractivity contribution >= 4 is 32.7 Å². The third kappa shape index (κ3) is 3.80. The number of hydrogen-bond donors (Lipinski definition) is 0. The van der Waals surface area contributed by atoms with E-state index in [1.807, 2.05) is 29.2 Å². The number of methoxy groups -OCH3 is 1. The summed E-state index contributed by atoms with van der Waals surface area (Å²) in [4.78, 5) is 17.7. The molecule has 1 amide bonds. The van der Waals surface area contributed by atoms with Crippen LogP contribution < -0.4 is 4.74 Å². The molecule has 0 aliphatic carbocycles. The maximum absolute atomic E-state index is 12.0. The molecule has 2 aliphatic heterocycles. The van der Waals surface area contributed by atoms with Gasteiger partial charge in [-0.15, -0.1) is 0 Å². The van der Waals surface area contributed by atoms with Crippen LogP contribution in [0.25, 0.3) is 0 Å². The summed E-state index contributed by atoms with van der Waals surface area (Å²) in [5.74, 6) is 0.305. The Kier molecular flexibility index (Phi) is 5.01. The molecular weight excluding hydrogens is 362 g/mol. The van der Waals surface area contributed by atoms with Crippen LogP contribution in [0.3, 0.4) is 0 Å². The van der Waals surface area contributed by atoms with Crippen molar-refractivity contribution < 1.29 is 17.9 Å². The molecule has 0 bridgehead atoms. The Bertz CT molecular complexity index is 860. The standard InChI is InChI=1S/C16H17N3O4S2/c1-23-13-5-3-2-4-11(13)8-19-12-9-25(21,22)10-14(12)24-16(19)18-15(20)6-7-17/h2-5,12,14H,6,8-10H2,1H3. The Balaban J connectivity index is 1.92. The second-order valence-corrected chi connectivity index (χ2v) is 9.22. The van der Waals surface area contributed by atoms with Crippen molar-refractivity contribution in [2.75, 3.05) is 18.6 Å². The van der Waals surface area contributed by atoms with E-state index in [1.165, 1.54) is 11.8 Å². The fraction of sp³-hybridized carbons (Fsp3) is 0.438. The minimum Gasteiger partial charge on any atom is -0.496 e. The van der Waals surface area contributed by atoms with Gasteiger partial charge in [-0.05, 0) is 6.07 Å². The monoisotopic (exact) mass is 379 g/mol. The first-order valence-electron chi connectivity index (χ1n) is 7.67. The number of sulfone groups is 1. The number of amidine groups is 1. The Hall–Kier alpha value is -2.05. The number of aliphatic imine (C=N–C) groups is 1. The number of benzene rings is 1. The first-order chi connectivity index (χ1) is 11.9. The molecule has 0 spiro atoms. The Morgan fingerprint density at radius 3 is 2.92 bits per heavy atom. The SMILES string of the molecule is COc1ccccc1CN1C(=NC(=O)CC#N)SC2CS(=O)(=O)CC21. The van der Waals surface area contributed by atoms with E-state index in [4.69, 9.17) is 10.00 Å². The number of ether oxygens (including phenoxy) is 1. The van der Waals surface area contributed by atoms with Crippen molar-refractivity contribution in [2.45, 2.75) is 24.3 Å². The van der Waals surface area contributed by atoms with Crippen LogP contribution in [0.1, 0.15) is 12.0 Å². The number of nitrogens with zero attached hydrogens (tertiary/aromatic N) is 3. The van der Waals surface area contributed by atoms with Gasteiger partial charge in [0.05, 0.1) is 30.7 Å². The van der Waals surface area contributed by atoms with E-state index in [-0.39, 0.29) is 29.2 Å². The fourth-order valence-electron chi connectivity index (χ4n) is 3.05. The van der Waals surface area contributed by atoms with Gasteiger partial charge >= 0.3 is 0 Å². The first kappa shape index (κ1) is 17.8. The minimum atomic E-state index is -3.09. The Labute approximate surface area is 150 Å². The minimum absolute atomic E-state index is 0.0469. The molecule has 132 valence electrons. The molecule has 1 aromatic rings. The summed E-state index contributed by atoms with van der Waals surface area (Å²) >= 11 is 1.30. The van der Waals surface area contributed by atoms with Gasteiger partial charge < -0.3 is 9.64 Å². The van der Waals surface area contributed by atoms with Gasteiger partial charge in [0.15, 0.2) is 15.0 Å². The quantitative estimate of drug-likeness (QED) is 0.775. The van der Waals surface area contributed by atoms with E-state index in [1.54, 1.807) is 13.2 Å². The normalized spacial score (nSPS) is 25.6. The zero-order valence-corrected chi connectivity index (χ0v) is 15.2. The number of nitriles is 1. The highest BCUT2D eigenvalue weighted by Crippen LogP contribution is 2.39. The van der Waals surface area contributed by atoms with Crippen molar-refractivity contribution in [3.63, 3.8) is 0 Å². The molecule has 9 heteroatoms. The largest absolute Gasteiger partial charge is 0.496 e. The maximum Gasteiger partial charge on any atom is 0.262 e. The van der Waals surface area contributed by atoms with Crippen LogP contribution in [-0.4, -0.2) is 54.3 Å². The van der Waals surface area contributed by atoms with Crippen molar-refractivity contribution in [1.82, 2.24) is 4.90 Å². The van der Waals surface area contributed by atoms with Gasteiger partial charge in [0.1, 0.15) is 12.2 Å². The summed E-state index contributed by atoms with van der Waals surface area (Å²) < 4.78 is 29.3. The number of carbonyl (C=O) groups excluding carboxylic acids is 1. The van der Waals surface area contributed by atoms with Crippen LogP contribution in [0, 0.1) is 11.3 Å². The van der Waals surface area contributed by atoms with Crippen LogP contribution in [0.5, 0.6) is 5.75 Å². The molecule has 0 radical (unpaired) electrons. The van der Waals surface area contributed by atoms with E-state index in [0.717, 1.165) is 5.56 Å². The van der Waals surface area contributed by atoms with E-state index in [9.17, 15) is 13.2 Å². The number of hydrogen-bond acceptors (Lipinski definition) is 6. The second-order valence-electron chi connectivity index (χ2n) is 5.86. The highest BCUT2D eigenvalue weighted by molar-refractivity contribution is 8.15. The lowest BCUT2D eigenvalue weighted by Gasteiger charge is -2.25. The van der Waals surface area contributed by atoms with Gasteiger partial charge in [-0.2, -0.15) is 10.3 Å². The third-order valence-electron chi connectivity index (χ3n) is 4.16. The fourth-order valence-corrected chi connectivity index (χ4v) is 7.02. The molecule has 0 aromatic heterocycles. The molecule has 2 saturated heterocycles. The van der Waals surface area contributed by atoms with Gasteiger partial charge in [-0.3, -0.25) is 4.79 Å². The van der Waals surface area contributed by atoms with Crippen molar-refractivity contribution in [2.24, 2.45) is 4.99 Å². The maximum atomic E-state index is 12.0. The lowest BCUT2D eigenvalue weighted by molar-refractivity contribution is -0.116. The predicted octanol–water partition coefficient (Wildman–Crippen LogP) is 1.21. The lowest BCUT2D eigenvalue weighted by Crippen LogP contribution is -2.37. The number of carbonyl (C=O) groups is 1. The summed E-state index contributed by atoms with van der Waals surface area (Å²) in [7, 11) is -1.52. The van der Waals surface area contributed by atoms with Gasteiger partial charge in [0, 0.05) is 17.4 Å². The van der Waals surface area contributed by atoms with Gasteiger partial charge in [0.25, 0.3) is 5.91 Å². The average Bonchev–Trinajstić information content (AvgIpc) is 3.01. The molecule has 2 heterocycles. The summed E-state index contributed by atoms with van der Waals surface area (Å²) in [6.45, 7) is 0.395. The van der Waals surface area contributed by atoms with Gasteiger partial charge in [-0.25, -0.2) is 8.42 Å². The zero-order valence-electron chi connectivity index (χ0n) is 13.6. The second kappa shape index (κ2) is 7.06. The first-order valence-corrected chi connectivity index (χ1v) is 10.4. The van der Waals surface area contributed by atoms with Crippen molar-refractivity contribution in [1.29, 1.82) is 5.26 Å². The van der Waals surface area contributed by atoms with Crippen LogP contribution in [0.4, 0.5) is 0 Å². The van der Waals surface area contributed by atoms with Gasteiger partial charge in [0.2, 0.25) is 0 Å². The zero-order chi connectivity index (χ0) is 18.0. The third-order valence-corrected chi connectivity index (χ3v) is 7.41. The Morgan fingerprint density at radius 1 is 1.44 bits per heavy atom. The number of amides is 1. The molecule has 2 fully saturated rings. The lowest BCUT2D eigenvalue weighted by atomic mass is 10.1. The predicted molar refractivity (Wildman–Crippen MR) is 95.0 cm³/mol. The highest BCUT2D eigenvalue weighted by Gasteiger charge is 2.48. The smallest absolute Gasteiger partial charge is 0.262 e. The molecule has 0 saturated carbocycles. The molecule has 2 unspecified atom stereocenters. The van der Waals surface area contributed by atoms with Crippen LogP contribution in [0.2, 0.25) is 0 Å². The van der Waals surface area contributed by atoms with E-state index >= 15 is 0 Å². The van der Waals surface area contributed by atoms with Crippen molar-refractivity contribution in [3.8, 4) is 11.8 Å². The summed E-state index contributed by atoms with van der Waals surface area (Å²) in [5.41, 5.74) is 0.885. The summed E-state index contributed by atoms with van der Waals surface area (Å²) in [6, 6.07) is 9.02. The number of para-hydroxylation sites is 1. The molecule has 25 heavy (non-hydrogen) atoms. The van der Waals surface area contributed by atoms with E-state index in [0.29, 0.717) is 17.5 Å². The van der Waals surface area contributed by atoms with E-state index in [2.05, 4.69) is 4.99 Å². The summed E-state index contributed by atoms with van der Waals surface area (Å²) in [5, 5.41) is 8.99. The average molecular weight is 379 g/mol. The van der Waals surface area contributed by atoms with Crippen LogP contribution in [0.15, 0.2) is 29.3 Å². The molecule has 7 nitrogen and oxygen atoms in total. The molecule has 3 rings (SSSR count). The molecule has 0 N–H and O–H groups in total.